The van der Waals surface area contributed by atoms with E-state index in [0.29, 0.717) is 6.04 Å². The molecule has 0 saturated carbocycles. The van der Waals surface area contributed by atoms with Crippen molar-refractivity contribution in [3.63, 3.8) is 0 Å². The van der Waals surface area contributed by atoms with E-state index in [1.807, 2.05) is 0 Å². The van der Waals surface area contributed by atoms with E-state index in [1.54, 1.807) is 7.11 Å². The Bertz CT molecular complexity index is 142. The van der Waals surface area contributed by atoms with Gasteiger partial charge in [0.05, 0.1) is 13.2 Å². The van der Waals surface area contributed by atoms with Crippen molar-refractivity contribution in [3.05, 3.63) is 0 Å². The average Bonchev–Trinajstić information content (AvgIpc) is 2.47. The summed E-state index contributed by atoms with van der Waals surface area (Å²) in [6, 6.07) is 0.443. The summed E-state index contributed by atoms with van der Waals surface area (Å²) in [5, 5.41) is 3.44. The Hall–Kier alpha value is -0.160. The van der Waals surface area contributed by atoms with Crippen LogP contribution in [0.4, 0.5) is 0 Å². The molecule has 1 fully saturated rings. The zero-order valence-electron chi connectivity index (χ0n) is 10.00. The monoisotopic (exact) mass is 216 g/mol. The first kappa shape index (κ1) is 12.9. The highest BCUT2D eigenvalue weighted by Crippen LogP contribution is 2.00. The summed E-state index contributed by atoms with van der Waals surface area (Å²) in [5.41, 5.74) is 0. The van der Waals surface area contributed by atoms with Gasteiger partial charge in [-0.2, -0.15) is 0 Å². The van der Waals surface area contributed by atoms with Crippen molar-refractivity contribution in [2.45, 2.75) is 19.4 Å². The molecular weight excluding hydrogens is 192 g/mol. The van der Waals surface area contributed by atoms with Gasteiger partial charge in [-0.25, -0.2) is 0 Å². The van der Waals surface area contributed by atoms with Gasteiger partial charge >= 0.3 is 0 Å². The Morgan fingerprint density at radius 3 is 3.00 bits per heavy atom. The zero-order chi connectivity index (χ0) is 10.9. The predicted octanol–water partition coefficient (Wildman–Crippen LogP) is 0.333. The second-order valence-electron chi connectivity index (χ2n) is 3.98. The highest BCUT2D eigenvalue weighted by molar-refractivity contribution is 4.72. The van der Waals surface area contributed by atoms with E-state index < -0.39 is 0 Å². The van der Waals surface area contributed by atoms with Crippen LogP contribution in [0.25, 0.3) is 0 Å². The van der Waals surface area contributed by atoms with Crippen LogP contribution in [0.2, 0.25) is 0 Å². The Kier molecular flexibility index (Phi) is 6.92. The topological polar surface area (TPSA) is 33.7 Å². The molecule has 1 unspecified atom stereocenters. The Morgan fingerprint density at radius 1 is 1.40 bits per heavy atom. The SMILES string of the molecule is CCNC(COC)CN1CCCOCC1. The highest BCUT2D eigenvalue weighted by atomic mass is 16.5. The van der Waals surface area contributed by atoms with E-state index in [1.165, 1.54) is 0 Å². The second kappa shape index (κ2) is 8.05. The molecule has 0 amide bonds. The molecule has 0 bridgehead atoms. The first-order chi connectivity index (χ1) is 7.36. The minimum Gasteiger partial charge on any atom is -0.383 e. The van der Waals surface area contributed by atoms with Crippen LogP contribution in [0.5, 0.6) is 0 Å². The second-order valence-corrected chi connectivity index (χ2v) is 3.98. The average molecular weight is 216 g/mol. The van der Waals surface area contributed by atoms with Gasteiger partial charge in [-0.15, -0.1) is 0 Å². The van der Waals surface area contributed by atoms with E-state index in [2.05, 4.69) is 17.1 Å². The minimum absolute atomic E-state index is 0.443. The Morgan fingerprint density at radius 2 is 2.27 bits per heavy atom. The van der Waals surface area contributed by atoms with E-state index in [9.17, 15) is 0 Å². The largest absolute Gasteiger partial charge is 0.383 e. The molecule has 90 valence electrons. The lowest BCUT2D eigenvalue weighted by Gasteiger charge is -2.25. The number of methoxy groups -OCH3 is 1. The zero-order valence-corrected chi connectivity index (χ0v) is 10.00. The minimum atomic E-state index is 0.443. The fraction of sp³-hybridized carbons (Fsp3) is 1.00. The summed E-state index contributed by atoms with van der Waals surface area (Å²) < 4.78 is 10.6. The van der Waals surface area contributed by atoms with Crippen molar-refractivity contribution in [2.75, 3.05) is 53.1 Å². The van der Waals surface area contributed by atoms with Crippen LogP contribution in [0.15, 0.2) is 0 Å². The summed E-state index contributed by atoms with van der Waals surface area (Å²) in [6.45, 7) is 8.94. The first-order valence-electron chi connectivity index (χ1n) is 5.89. The van der Waals surface area contributed by atoms with E-state index in [0.717, 1.165) is 52.4 Å². The van der Waals surface area contributed by atoms with Crippen molar-refractivity contribution in [2.24, 2.45) is 0 Å². The molecule has 1 heterocycles. The summed E-state index contributed by atoms with van der Waals surface area (Å²) in [4.78, 5) is 2.46. The number of nitrogens with zero attached hydrogens (tertiary/aromatic N) is 1. The van der Waals surface area contributed by atoms with Crippen LogP contribution in [-0.4, -0.2) is 64.1 Å². The van der Waals surface area contributed by atoms with Crippen molar-refractivity contribution in [1.82, 2.24) is 10.2 Å². The van der Waals surface area contributed by atoms with Gasteiger partial charge in [0.25, 0.3) is 0 Å². The van der Waals surface area contributed by atoms with Crippen LogP contribution in [0, 0.1) is 0 Å². The lowest BCUT2D eigenvalue weighted by molar-refractivity contribution is 0.124. The smallest absolute Gasteiger partial charge is 0.0628 e. The molecule has 4 nitrogen and oxygen atoms in total. The highest BCUT2D eigenvalue weighted by Gasteiger charge is 2.14. The predicted molar refractivity (Wildman–Crippen MR) is 61.2 cm³/mol. The van der Waals surface area contributed by atoms with Gasteiger partial charge < -0.3 is 14.8 Å². The van der Waals surface area contributed by atoms with Gasteiger partial charge in [-0.1, -0.05) is 6.92 Å². The maximum absolute atomic E-state index is 5.43. The van der Waals surface area contributed by atoms with Crippen LogP contribution in [0.1, 0.15) is 13.3 Å². The Labute approximate surface area is 92.9 Å². The normalized spacial score (nSPS) is 21.2. The number of hydrogen-bond donors (Lipinski definition) is 1. The van der Waals surface area contributed by atoms with Gasteiger partial charge in [-0.3, -0.25) is 4.90 Å². The van der Waals surface area contributed by atoms with Crippen LogP contribution in [0.3, 0.4) is 0 Å². The van der Waals surface area contributed by atoms with Crippen molar-refractivity contribution >= 4 is 0 Å². The lowest BCUT2D eigenvalue weighted by atomic mass is 10.2. The molecule has 1 atom stereocenters. The van der Waals surface area contributed by atoms with Crippen molar-refractivity contribution in [1.29, 1.82) is 0 Å². The molecule has 0 aromatic rings. The third-order valence-electron chi connectivity index (χ3n) is 2.65. The standard InChI is InChI=1S/C11H24N2O2/c1-3-12-11(10-14-2)9-13-5-4-7-15-8-6-13/h11-12H,3-10H2,1-2H3. The van der Waals surface area contributed by atoms with Crippen LogP contribution < -0.4 is 5.32 Å². The summed E-state index contributed by atoms with van der Waals surface area (Å²) in [6.07, 6.45) is 1.14. The third kappa shape index (κ3) is 5.47. The summed E-state index contributed by atoms with van der Waals surface area (Å²) in [7, 11) is 1.76. The molecule has 4 heteroatoms. The number of nitrogens with one attached hydrogen (secondary N) is 1. The van der Waals surface area contributed by atoms with Gasteiger partial charge in [-0.05, 0) is 13.0 Å². The van der Waals surface area contributed by atoms with Gasteiger partial charge in [0.2, 0.25) is 0 Å². The maximum atomic E-state index is 5.43. The van der Waals surface area contributed by atoms with Crippen molar-refractivity contribution in [3.8, 4) is 0 Å². The number of rotatable bonds is 6. The molecule has 1 rings (SSSR count). The van der Waals surface area contributed by atoms with E-state index in [-0.39, 0.29) is 0 Å². The first-order valence-corrected chi connectivity index (χ1v) is 5.89. The molecule has 0 aromatic carbocycles. The van der Waals surface area contributed by atoms with Crippen LogP contribution >= 0.6 is 0 Å². The van der Waals surface area contributed by atoms with E-state index >= 15 is 0 Å². The molecule has 1 aliphatic heterocycles. The molecule has 0 aliphatic carbocycles. The van der Waals surface area contributed by atoms with Crippen LogP contribution in [-0.2, 0) is 9.47 Å². The van der Waals surface area contributed by atoms with Gasteiger partial charge in [0.1, 0.15) is 0 Å². The Balaban J connectivity index is 2.27. The van der Waals surface area contributed by atoms with Gasteiger partial charge in [0, 0.05) is 39.4 Å². The molecule has 0 radical (unpaired) electrons. The molecular formula is C11H24N2O2. The lowest BCUT2D eigenvalue weighted by Crippen LogP contribution is -2.44. The quantitative estimate of drug-likeness (QED) is 0.694. The third-order valence-corrected chi connectivity index (χ3v) is 2.65. The number of ether oxygens (including phenoxy) is 2. The molecule has 0 aromatic heterocycles. The fourth-order valence-corrected chi connectivity index (χ4v) is 1.96. The van der Waals surface area contributed by atoms with E-state index in [4.69, 9.17) is 9.47 Å². The number of likely N-dealkylation sites (N-methyl/N-ethyl adjacent to an activating group) is 1. The molecule has 1 N–H and O–H groups in total. The van der Waals surface area contributed by atoms with Gasteiger partial charge in [0.15, 0.2) is 0 Å². The maximum Gasteiger partial charge on any atom is 0.0628 e. The van der Waals surface area contributed by atoms with Crippen molar-refractivity contribution < 1.29 is 9.47 Å². The number of hydrogen-bond acceptors (Lipinski definition) is 4. The molecule has 1 saturated heterocycles. The summed E-state index contributed by atoms with van der Waals surface area (Å²) in [5.74, 6) is 0. The molecule has 1 aliphatic rings. The summed E-state index contributed by atoms with van der Waals surface area (Å²) >= 11 is 0. The fourth-order valence-electron chi connectivity index (χ4n) is 1.96. The molecule has 0 spiro atoms. The molecule has 15 heavy (non-hydrogen) atoms.